The molecule has 1 aliphatic rings. The minimum atomic E-state index is 0.767. The van der Waals surface area contributed by atoms with Gasteiger partial charge in [-0.25, -0.2) is 4.98 Å². The maximum absolute atomic E-state index is 5.74. The molecule has 3 heteroatoms. The standard InChI is InChI=1S/C14H23N3/c1-11-9-14(17-10-13(11)15)16-8-7-12-5-3-2-4-6-12/h9-10,12H,2-8,15H2,1H3,(H,16,17). The highest BCUT2D eigenvalue weighted by Gasteiger charge is 2.12. The normalized spacial score (nSPS) is 17.0. The first-order valence-corrected chi connectivity index (χ1v) is 6.71. The Bertz CT molecular complexity index is 356. The van der Waals surface area contributed by atoms with Gasteiger partial charge in [0.05, 0.1) is 11.9 Å². The molecule has 0 spiro atoms. The number of aryl methyl sites for hydroxylation is 1. The number of aromatic nitrogens is 1. The molecule has 17 heavy (non-hydrogen) atoms. The molecule has 0 atom stereocenters. The quantitative estimate of drug-likeness (QED) is 0.838. The van der Waals surface area contributed by atoms with E-state index in [2.05, 4.69) is 10.3 Å². The van der Waals surface area contributed by atoms with Crippen molar-refractivity contribution >= 4 is 11.5 Å². The first-order chi connectivity index (χ1) is 8.25. The molecule has 1 saturated carbocycles. The van der Waals surface area contributed by atoms with Crippen molar-refractivity contribution in [2.75, 3.05) is 17.6 Å². The van der Waals surface area contributed by atoms with E-state index < -0.39 is 0 Å². The van der Waals surface area contributed by atoms with Crippen molar-refractivity contribution in [3.8, 4) is 0 Å². The zero-order chi connectivity index (χ0) is 12.1. The topological polar surface area (TPSA) is 50.9 Å². The number of pyridine rings is 1. The van der Waals surface area contributed by atoms with Crippen LogP contribution in [0.25, 0.3) is 0 Å². The summed E-state index contributed by atoms with van der Waals surface area (Å²) in [5, 5.41) is 3.39. The van der Waals surface area contributed by atoms with Gasteiger partial charge in [0.1, 0.15) is 5.82 Å². The van der Waals surface area contributed by atoms with Gasteiger partial charge in [0.15, 0.2) is 0 Å². The first-order valence-electron chi connectivity index (χ1n) is 6.71. The average Bonchev–Trinajstić information content (AvgIpc) is 2.35. The summed E-state index contributed by atoms with van der Waals surface area (Å²) in [4.78, 5) is 4.29. The molecule has 1 aliphatic carbocycles. The number of anilines is 2. The van der Waals surface area contributed by atoms with Gasteiger partial charge in [-0.3, -0.25) is 0 Å². The van der Waals surface area contributed by atoms with E-state index in [9.17, 15) is 0 Å². The van der Waals surface area contributed by atoms with Crippen LogP contribution in [-0.4, -0.2) is 11.5 Å². The van der Waals surface area contributed by atoms with Crippen molar-refractivity contribution in [2.24, 2.45) is 5.92 Å². The van der Waals surface area contributed by atoms with Crippen LogP contribution in [0.5, 0.6) is 0 Å². The van der Waals surface area contributed by atoms with Gasteiger partial charge >= 0.3 is 0 Å². The number of hydrogen-bond acceptors (Lipinski definition) is 3. The van der Waals surface area contributed by atoms with Crippen molar-refractivity contribution in [1.82, 2.24) is 4.98 Å². The third-order valence-corrected chi connectivity index (χ3v) is 3.73. The van der Waals surface area contributed by atoms with Gasteiger partial charge in [-0.15, -0.1) is 0 Å². The molecule has 1 aromatic heterocycles. The number of hydrogen-bond donors (Lipinski definition) is 2. The highest BCUT2D eigenvalue weighted by molar-refractivity contribution is 5.50. The van der Waals surface area contributed by atoms with Crippen LogP contribution < -0.4 is 11.1 Å². The van der Waals surface area contributed by atoms with E-state index in [0.717, 1.165) is 29.5 Å². The van der Waals surface area contributed by atoms with Crippen molar-refractivity contribution < 1.29 is 0 Å². The van der Waals surface area contributed by atoms with E-state index in [-0.39, 0.29) is 0 Å². The monoisotopic (exact) mass is 233 g/mol. The Balaban J connectivity index is 1.75. The summed E-state index contributed by atoms with van der Waals surface area (Å²) in [6.45, 7) is 3.05. The molecule has 1 heterocycles. The van der Waals surface area contributed by atoms with E-state index in [0.29, 0.717) is 0 Å². The summed E-state index contributed by atoms with van der Waals surface area (Å²) in [5.74, 6) is 1.87. The molecule has 1 aromatic rings. The van der Waals surface area contributed by atoms with Gasteiger partial charge in [0.2, 0.25) is 0 Å². The van der Waals surface area contributed by atoms with Gasteiger partial charge in [-0.2, -0.15) is 0 Å². The van der Waals surface area contributed by atoms with Crippen LogP contribution in [0.3, 0.4) is 0 Å². The third kappa shape index (κ3) is 3.62. The van der Waals surface area contributed by atoms with Gasteiger partial charge in [-0.05, 0) is 30.9 Å². The number of nitrogen functional groups attached to an aromatic ring is 1. The fourth-order valence-corrected chi connectivity index (χ4v) is 2.54. The molecule has 94 valence electrons. The molecule has 0 radical (unpaired) electrons. The highest BCUT2D eigenvalue weighted by Crippen LogP contribution is 2.26. The van der Waals surface area contributed by atoms with Gasteiger partial charge in [0, 0.05) is 6.54 Å². The molecule has 0 aliphatic heterocycles. The summed E-state index contributed by atoms with van der Waals surface area (Å²) >= 11 is 0. The number of nitrogens with one attached hydrogen (secondary N) is 1. The second kappa shape index (κ2) is 5.89. The van der Waals surface area contributed by atoms with Gasteiger partial charge in [0.25, 0.3) is 0 Å². The molecule has 1 fully saturated rings. The lowest BCUT2D eigenvalue weighted by Crippen LogP contribution is -2.12. The molecule has 3 N–H and O–H groups in total. The Labute approximate surface area is 104 Å². The minimum absolute atomic E-state index is 0.767. The second-order valence-corrected chi connectivity index (χ2v) is 5.15. The Morgan fingerprint density at radius 2 is 2.12 bits per heavy atom. The van der Waals surface area contributed by atoms with E-state index in [1.807, 2.05) is 13.0 Å². The zero-order valence-corrected chi connectivity index (χ0v) is 10.7. The highest BCUT2D eigenvalue weighted by atomic mass is 15.0. The number of rotatable bonds is 4. The summed E-state index contributed by atoms with van der Waals surface area (Å²) in [7, 11) is 0. The Kier molecular flexibility index (Phi) is 4.24. The first kappa shape index (κ1) is 12.2. The largest absolute Gasteiger partial charge is 0.397 e. The molecule has 0 amide bonds. The number of nitrogens with zero attached hydrogens (tertiary/aromatic N) is 1. The van der Waals surface area contributed by atoms with Crippen LogP contribution in [-0.2, 0) is 0 Å². The fraction of sp³-hybridized carbons (Fsp3) is 0.643. The lowest BCUT2D eigenvalue weighted by molar-refractivity contribution is 0.345. The van der Waals surface area contributed by atoms with E-state index >= 15 is 0 Å². The zero-order valence-electron chi connectivity index (χ0n) is 10.7. The Hall–Kier alpha value is -1.25. The molecule has 0 bridgehead atoms. The molecular weight excluding hydrogens is 210 g/mol. The lowest BCUT2D eigenvalue weighted by atomic mass is 9.87. The SMILES string of the molecule is Cc1cc(NCCC2CCCCC2)ncc1N. The van der Waals surface area contributed by atoms with Crippen LogP contribution in [0.4, 0.5) is 11.5 Å². The summed E-state index contributed by atoms with van der Waals surface area (Å²) in [5.41, 5.74) is 7.61. The van der Waals surface area contributed by atoms with Crippen molar-refractivity contribution in [3.63, 3.8) is 0 Å². The Morgan fingerprint density at radius 1 is 1.35 bits per heavy atom. The van der Waals surface area contributed by atoms with Crippen LogP contribution in [0, 0.1) is 12.8 Å². The Morgan fingerprint density at radius 3 is 2.82 bits per heavy atom. The maximum Gasteiger partial charge on any atom is 0.126 e. The molecular formula is C14H23N3. The molecule has 2 rings (SSSR count). The van der Waals surface area contributed by atoms with E-state index in [1.54, 1.807) is 6.20 Å². The molecule has 0 saturated heterocycles. The summed E-state index contributed by atoms with van der Waals surface area (Å²) in [6.07, 6.45) is 10.1. The van der Waals surface area contributed by atoms with Crippen molar-refractivity contribution in [3.05, 3.63) is 17.8 Å². The summed E-state index contributed by atoms with van der Waals surface area (Å²) < 4.78 is 0. The van der Waals surface area contributed by atoms with Crippen LogP contribution in [0.2, 0.25) is 0 Å². The molecule has 3 nitrogen and oxygen atoms in total. The van der Waals surface area contributed by atoms with Crippen LogP contribution in [0.1, 0.15) is 44.1 Å². The fourth-order valence-electron chi connectivity index (χ4n) is 2.54. The van der Waals surface area contributed by atoms with Gasteiger partial charge in [-0.1, -0.05) is 32.1 Å². The molecule has 0 aromatic carbocycles. The van der Waals surface area contributed by atoms with E-state index in [1.165, 1.54) is 38.5 Å². The predicted octanol–water partition coefficient (Wildman–Crippen LogP) is 3.35. The smallest absolute Gasteiger partial charge is 0.126 e. The van der Waals surface area contributed by atoms with Crippen LogP contribution >= 0.6 is 0 Å². The minimum Gasteiger partial charge on any atom is -0.397 e. The molecule has 0 unspecified atom stereocenters. The third-order valence-electron chi connectivity index (χ3n) is 3.73. The second-order valence-electron chi connectivity index (χ2n) is 5.15. The van der Waals surface area contributed by atoms with Gasteiger partial charge < -0.3 is 11.1 Å². The van der Waals surface area contributed by atoms with Crippen molar-refractivity contribution in [2.45, 2.75) is 45.4 Å². The predicted molar refractivity (Wildman–Crippen MR) is 73.1 cm³/mol. The summed E-state index contributed by atoms with van der Waals surface area (Å²) in [6, 6.07) is 2.02. The van der Waals surface area contributed by atoms with E-state index in [4.69, 9.17) is 5.73 Å². The van der Waals surface area contributed by atoms with Crippen LogP contribution in [0.15, 0.2) is 12.3 Å². The maximum atomic E-state index is 5.74. The lowest BCUT2D eigenvalue weighted by Gasteiger charge is -2.21. The average molecular weight is 233 g/mol. The number of nitrogens with two attached hydrogens (primary N) is 1. The van der Waals surface area contributed by atoms with Crippen molar-refractivity contribution in [1.29, 1.82) is 0 Å².